The van der Waals surface area contributed by atoms with E-state index < -0.39 is 0 Å². The Morgan fingerprint density at radius 1 is 1.43 bits per heavy atom. The number of hydrogen-bond donors (Lipinski definition) is 0. The highest BCUT2D eigenvalue weighted by Gasteiger charge is 2.24. The number of carbonyl (C=O) groups excluding carboxylic acids is 1. The van der Waals surface area contributed by atoms with Gasteiger partial charge < -0.3 is 9.42 Å². The summed E-state index contributed by atoms with van der Waals surface area (Å²) in [6.45, 7) is 5.72. The first kappa shape index (κ1) is 14.6. The van der Waals surface area contributed by atoms with E-state index in [2.05, 4.69) is 10.1 Å². The van der Waals surface area contributed by atoms with Gasteiger partial charge in [-0.3, -0.25) is 9.69 Å². The Bertz CT molecular complexity index is 632. The largest absolute Gasteiger partial charge is 0.360 e. The summed E-state index contributed by atoms with van der Waals surface area (Å²) in [5.74, 6) is 0.902. The average Bonchev–Trinajstić information content (AvgIpc) is 3.08. The second kappa shape index (κ2) is 6.17. The van der Waals surface area contributed by atoms with Gasteiger partial charge in [0.15, 0.2) is 5.76 Å². The van der Waals surface area contributed by atoms with E-state index in [4.69, 9.17) is 16.1 Å². The van der Waals surface area contributed by atoms with Crippen molar-refractivity contribution in [3.8, 4) is 0 Å². The van der Waals surface area contributed by atoms with Crippen molar-refractivity contribution >= 4 is 28.8 Å². The van der Waals surface area contributed by atoms with Gasteiger partial charge >= 0.3 is 0 Å². The number of halogens is 1. The molecule has 0 aliphatic carbocycles. The highest BCUT2D eigenvalue weighted by Crippen LogP contribution is 2.24. The van der Waals surface area contributed by atoms with Gasteiger partial charge in [0.25, 0.3) is 5.91 Å². The lowest BCUT2D eigenvalue weighted by Crippen LogP contribution is -2.48. The molecule has 3 rings (SSSR count). The first-order valence-electron chi connectivity index (χ1n) is 6.80. The Balaban J connectivity index is 1.55. The molecule has 5 nitrogen and oxygen atoms in total. The van der Waals surface area contributed by atoms with E-state index in [9.17, 15) is 4.79 Å². The zero-order valence-corrected chi connectivity index (χ0v) is 13.3. The van der Waals surface area contributed by atoms with Crippen molar-refractivity contribution in [2.24, 2.45) is 0 Å². The van der Waals surface area contributed by atoms with Crippen LogP contribution < -0.4 is 0 Å². The second-order valence-electron chi connectivity index (χ2n) is 5.10. The minimum atomic E-state index is 0.0326. The predicted molar refractivity (Wildman–Crippen MR) is 81.7 cm³/mol. The number of thiophene rings is 1. The zero-order valence-electron chi connectivity index (χ0n) is 11.7. The SMILES string of the molecule is Cc1cc(CN2CCN(C(=O)c3sccc3Cl)CC2)on1. The van der Waals surface area contributed by atoms with Crippen molar-refractivity contribution in [2.75, 3.05) is 26.2 Å². The fraction of sp³-hybridized carbons (Fsp3) is 0.429. The second-order valence-corrected chi connectivity index (χ2v) is 6.42. The van der Waals surface area contributed by atoms with E-state index in [1.807, 2.05) is 23.3 Å². The highest BCUT2D eigenvalue weighted by molar-refractivity contribution is 7.12. The van der Waals surface area contributed by atoms with Crippen molar-refractivity contribution in [1.82, 2.24) is 15.0 Å². The summed E-state index contributed by atoms with van der Waals surface area (Å²) in [5, 5.41) is 6.28. The number of rotatable bonds is 3. The number of aromatic nitrogens is 1. The fourth-order valence-corrected chi connectivity index (χ4v) is 3.51. The molecule has 1 amide bonds. The maximum atomic E-state index is 12.4. The van der Waals surface area contributed by atoms with Crippen molar-refractivity contribution < 1.29 is 9.32 Å². The molecule has 3 heterocycles. The monoisotopic (exact) mass is 325 g/mol. The van der Waals surface area contributed by atoms with Gasteiger partial charge in [-0.1, -0.05) is 16.8 Å². The van der Waals surface area contributed by atoms with Crippen molar-refractivity contribution in [3.05, 3.63) is 38.9 Å². The van der Waals surface area contributed by atoms with Gasteiger partial charge in [0.05, 0.1) is 17.3 Å². The molecular formula is C14H16ClN3O2S. The van der Waals surface area contributed by atoms with Crippen LogP contribution in [-0.2, 0) is 6.54 Å². The Morgan fingerprint density at radius 3 is 2.76 bits per heavy atom. The smallest absolute Gasteiger partial charge is 0.265 e. The molecule has 1 aliphatic heterocycles. The summed E-state index contributed by atoms with van der Waals surface area (Å²) < 4.78 is 5.23. The first-order chi connectivity index (χ1) is 10.1. The molecule has 7 heteroatoms. The highest BCUT2D eigenvalue weighted by atomic mass is 35.5. The molecule has 0 radical (unpaired) electrons. The summed E-state index contributed by atoms with van der Waals surface area (Å²) in [6.07, 6.45) is 0. The van der Waals surface area contributed by atoms with E-state index in [1.165, 1.54) is 11.3 Å². The van der Waals surface area contributed by atoms with Gasteiger partial charge in [-0.25, -0.2) is 0 Å². The van der Waals surface area contributed by atoms with Crippen LogP contribution in [0, 0.1) is 6.92 Å². The number of amides is 1. The van der Waals surface area contributed by atoms with Crippen LogP contribution in [0.2, 0.25) is 5.02 Å². The van der Waals surface area contributed by atoms with Crippen LogP contribution >= 0.6 is 22.9 Å². The van der Waals surface area contributed by atoms with Crippen LogP contribution in [0.25, 0.3) is 0 Å². The number of hydrogen-bond acceptors (Lipinski definition) is 5. The molecule has 2 aromatic rings. The van der Waals surface area contributed by atoms with E-state index in [-0.39, 0.29) is 5.91 Å². The van der Waals surface area contributed by atoms with Crippen LogP contribution in [0.1, 0.15) is 21.1 Å². The van der Waals surface area contributed by atoms with Gasteiger partial charge in [0, 0.05) is 32.2 Å². The summed E-state index contributed by atoms with van der Waals surface area (Å²) in [4.78, 5) is 17.1. The number of carbonyl (C=O) groups is 1. The predicted octanol–water partition coefficient (Wildman–Crippen LogP) is 2.66. The van der Waals surface area contributed by atoms with Gasteiger partial charge in [-0.15, -0.1) is 11.3 Å². The number of aryl methyl sites for hydroxylation is 1. The van der Waals surface area contributed by atoms with E-state index in [1.54, 1.807) is 6.07 Å². The Hall–Kier alpha value is -1.37. The molecule has 21 heavy (non-hydrogen) atoms. The fourth-order valence-electron chi connectivity index (χ4n) is 2.41. The summed E-state index contributed by atoms with van der Waals surface area (Å²) in [6, 6.07) is 3.71. The van der Waals surface area contributed by atoms with Crippen LogP contribution in [0.15, 0.2) is 22.0 Å². The molecule has 1 fully saturated rings. The molecule has 0 N–H and O–H groups in total. The number of piperazine rings is 1. The Labute approximate surface area is 132 Å². The third-order valence-electron chi connectivity index (χ3n) is 3.53. The molecule has 0 spiro atoms. The topological polar surface area (TPSA) is 49.6 Å². The van der Waals surface area contributed by atoms with Crippen LogP contribution in [0.4, 0.5) is 0 Å². The first-order valence-corrected chi connectivity index (χ1v) is 8.06. The third-order valence-corrected chi connectivity index (χ3v) is 4.86. The third kappa shape index (κ3) is 3.28. The standard InChI is InChI=1S/C14H16ClN3O2S/c1-10-8-11(20-16-10)9-17-3-5-18(6-4-17)14(19)13-12(15)2-7-21-13/h2,7-8H,3-6,9H2,1H3. The normalized spacial score (nSPS) is 16.4. The lowest BCUT2D eigenvalue weighted by molar-refractivity contribution is 0.0622. The van der Waals surface area contributed by atoms with Gasteiger partial charge in [-0.2, -0.15) is 0 Å². The van der Waals surface area contributed by atoms with E-state index >= 15 is 0 Å². The lowest BCUT2D eigenvalue weighted by atomic mass is 10.2. The van der Waals surface area contributed by atoms with E-state index in [0.29, 0.717) is 23.0 Å². The molecule has 0 unspecified atom stereocenters. The molecule has 0 atom stereocenters. The lowest BCUT2D eigenvalue weighted by Gasteiger charge is -2.34. The maximum absolute atomic E-state index is 12.4. The molecular weight excluding hydrogens is 310 g/mol. The average molecular weight is 326 g/mol. The van der Waals surface area contributed by atoms with Gasteiger partial charge in [0.2, 0.25) is 0 Å². The molecule has 1 aliphatic rings. The van der Waals surface area contributed by atoms with Crippen LogP contribution in [0.3, 0.4) is 0 Å². The van der Waals surface area contributed by atoms with Crippen molar-refractivity contribution in [1.29, 1.82) is 0 Å². The quantitative estimate of drug-likeness (QED) is 0.870. The van der Waals surface area contributed by atoms with Crippen molar-refractivity contribution in [2.45, 2.75) is 13.5 Å². The Kier molecular flexibility index (Phi) is 4.28. The minimum Gasteiger partial charge on any atom is -0.360 e. The zero-order chi connectivity index (χ0) is 14.8. The maximum Gasteiger partial charge on any atom is 0.265 e. The molecule has 0 aromatic carbocycles. The van der Waals surface area contributed by atoms with Gasteiger partial charge in [-0.05, 0) is 18.4 Å². The molecule has 112 valence electrons. The Morgan fingerprint density at radius 2 is 2.19 bits per heavy atom. The van der Waals surface area contributed by atoms with Gasteiger partial charge in [0.1, 0.15) is 4.88 Å². The summed E-state index contributed by atoms with van der Waals surface area (Å²) in [7, 11) is 0. The van der Waals surface area contributed by atoms with Crippen molar-refractivity contribution in [3.63, 3.8) is 0 Å². The minimum absolute atomic E-state index is 0.0326. The summed E-state index contributed by atoms with van der Waals surface area (Å²) >= 11 is 7.42. The molecule has 0 saturated carbocycles. The molecule has 1 saturated heterocycles. The molecule has 2 aromatic heterocycles. The number of nitrogens with zero attached hydrogens (tertiary/aromatic N) is 3. The summed E-state index contributed by atoms with van der Waals surface area (Å²) in [5.41, 5.74) is 0.895. The molecule has 0 bridgehead atoms. The van der Waals surface area contributed by atoms with Crippen LogP contribution in [-0.4, -0.2) is 47.0 Å². The van der Waals surface area contributed by atoms with E-state index in [0.717, 1.165) is 31.1 Å². The van der Waals surface area contributed by atoms with Crippen LogP contribution in [0.5, 0.6) is 0 Å².